The highest BCUT2D eigenvalue weighted by molar-refractivity contribution is 6.30. The molecule has 17 heavy (non-hydrogen) atoms. The van der Waals surface area contributed by atoms with Crippen LogP contribution in [0.2, 0.25) is 5.02 Å². The maximum Gasteiger partial charge on any atom is 0.141 e. The summed E-state index contributed by atoms with van der Waals surface area (Å²) in [7, 11) is 0. The van der Waals surface area contributed by atoms with Gasteiger partial charge in [-0.25, -0.2) is 9.37 Å². The van der Waals surface area contributed by atoms with Gasteiger partial charge in [0.2, 0.25) is 0 Å². The second-order valence-corrected chi connectivity index (χ2v) is 3.98. The van der Waals surface area contributed by atoms with Crippen LogP contribution in [0.25, 0.3) is 0 Å². The molecule has 0 unspecified atom stereocenters. The van der Waals surface area contributed by atoms with Gasteiger partial charge in [0.05, 0.1) is 5.02 Å². The Labute approximate surface area is 103 Å². The number of hydrogen-bond donors (Lipinski definition) is 2. The van der Waals surface area contributed by atoms with E-state index >= 15 is 0 Å². The Morgan fingerprint density at radius 1 is 1.29 bits per heavy atom. The van der Waals surface area contributed by atoms with Crippen molar-refractivity contribution in [1.29, 1.82) is 0 Å². The minimum atomic E-state index is -0.413. The minimum Gasteiger partial charge on any atom is -0.384 e. The number of aromatic nitrogens is 1. The number of nitrogens with zero attached hydrogens (tertiary/aromatic N) is 1. The first-order chi connectivity index (χ1) is 8.15. The van der Waals surface area contributed by atoms with Crippen molar-refractivity contribution in [2.75, 3.05) is 11.1 Å². The summed E-state index contributed by atoms with van der Waals surface area (Å²) < 4.78 is 12.9. The van der Waals surface area contributed by atoms with Gasteiger partial charge in [-0.3, -0.25) is 0 Å². The zero-order chi connectivity index (χ0) is 12.3. The van der Waals surface area contributed by atoms with Crippen LogP contribution < -0.4 is 11.1 Å². The number of rotatable bonds is 3. The van der Waals surface area contributed by atoms with Gasteiger partial charge in [-0.15, -0.1) is 0 Å². The van der Waals surface area contributed by atoms with E-state index < -0.39 is 5.82 Å². The lowest BCUT2D eigenvalue weighted by molar-refractivity contribution is 0.627. The molecule has 0 aliphatic carbocycles. The maximum absolute atomic E-state index is 12.9. The van der Waals surface area contributed by atoms with Crippen LogP contribution >= 0.6 is 11.6 Å². The molecule has 0 bridgehead atoms. The molecule has 0 aliphatic heterocycles. The molecule has 5 heteroatoms. The summed E-state index contributed by atoms with van der Waals surface area (Å²) >= 11 is 5.69. The van der Waals surface area contributed by atoms with Crippen LogP contribution in [0, 0.1) is 5.82 Å². The van der Waals surface area contributed by atoms with Crippen molar-refractivity contribution in [2.45, 2.75) is 6.54 Å². The molecule has 1 aromatic heterocycles. The van der Waals surface area contributed by atoms with Gasteiger partial charge >= 0.3 is 0 Å². The fourth-order valence-corrected chi connectivity index (χ4v) is 1.62. The molecule has 3 N–H and O–H groups in total. The number of hydrogen-bond acceptors (Lipinski definition) is 3. The van der Waals surface area contributed by atoms with E-state index in [-0.39, 0.29) is 5.02 Å². The zero-order valence-electron chi connectivity index (χ0n) is 8.95. The maximum atomic E-state index is 12.9. The van der Waals surface area contributed by atoms with E-state index in [0.29, 0.717) is 12.4 Å². The van der Waals surface area contributed by atoms with Gasteiger partial charge in [-0.1, -0.05) is 17.7 Å². The third-order valence-corrected chi connectivity index (χ3v) is 2.55. The number of anilines is 2. The molecule has 1 heterocycles. The van der Waals surface area contributed by atoms with Crippen LogP contribution in [-0.2, 0) is 6.54 Å². The first kappa shape index (κ1) is 11.7. The Hall–Kier alpha value is -1.81. The average Bonchev–Trinajstić information content (AvgIpc) is 2.31. The van der Waals surface area contributed by atoms with Gasteiger partial charge in [0.25, 0.3) is 0 Å². The third kappa shape index (κ3) is 3.07. The largest absolute Gasteiger partial charge is 0.384 e. The van der Waals surface area contributed by atoms with Crippen molar-refractivity contribution in [3.8, 4) is 0 Å². The van der Waals surface area contributed by atoms with E-state index in [2.05, 4.69) is 10.3 Å². The summed E-state index contributed by atoms with van der Waals surface area (Å²) in [5.41, 5.74) is 7.30. The molecule has 0 saturated heterocycles. The Kier molecular flexibility index (Phi) is 3.44. The number of nitrogen functional groups attached to an aromatic ring is 1. The molecule has 0 amide bonds. The van der Waals surface area contributed by atoms with Crippen molar-refractivity contribution in [3.63, 3.8) is 0 Å². The van der Waals surface area contributed by atoms with Crippen LogP contribution in [0.3, 0.4) is 0 Å². The van der Waals surface area contributed by atoms with Gasteiger partial charge < -0.3 is 11.1 Å². The number of nitrogens with two attached hydrogens (primary N) is 1. The second kappa shape index (κ2) is 5.01. The number of nitrogens with one attached hydrogen (secondary N) is 1. The van der Waals surface area contributed by atoms with Crippen LogP contribution in [-0.4, -0.2) is 4.98 Å². The molecule has 0 atom stereocenters. The Morgan fingerprint density at radius 3 is 2.82 bits per heavy atom. The fourth-order valence-electron chi connectivity index (χ4n) is 1.41. The van der Waals surface area contributed by atoms with Crippen molar-refractivity contribution < 1.29 is 4.39 Å². The van der Waals surface area contributed by atoms with Crippen LogP contribution in [0.4, 0.5) is 15.9 Å². The smallest absolute Gasteiger partial charge is 0.141 e. The molecular weight excluding hydrogens is 241 g/mol. The lowest BCUT2D eigenvalue weighted by Crippen LogP contribution is -2.01. The molecule has 1 aromatic carbocycles. The van der Waals surface area contributed by atoms with Gasteiger partial charge in [0.15, 0.2) is 0 Å². The molecule has 0 spiro atoms. The first-order valence-electron chi connectivity index (χ1n) is 5.04. The summed E-state index contributed by atoms with van der Waals surface area (Å²) in [6.07, 6.45) is 1.62. The number of pyridine rings is 1. The number of halogens is 2. The molecule has 2 rings (SSSR count). The quantitative estimate of drug-likeness (QED) is 0.882. The van der Waals surface area contributed by atoms with E-state index in [9.17, 15) is 4.39 Å². The fraction of sp³-hybridized carbons (Fsp3) is 0.0833. The minimum absolute atomic E-state index is 0.124. The van der Waals surface area contributed by atoms with Gasteiger partial charge in [0.1, 0.15) is 11.6 Å². The topological polar surface area (TPSA) is 50.9 Å². The lowest BCUT2D eigenvalue weighted by Gasteiger charge is -2.07. The summed E-state index contributed by atoms with van der Waals surface area (Å²) in [4.78, 5) is 3.89. The predicted molar refractivity (Wildman–Crippen MR) is 67.4 cm³/mol. The second-order valence-electron chi connectivity index (χ2n) is 3.57. The van der Waals surface area contributed by atoms with E-state index in [1.54, 1.807) is 24.4 Å². The van der Waals surface area contributed by atoms with E-state index in [0.717, 1.165) is 11.3 Å². The standard InChI is InChI=1S/C12H11ClFN3/c13-10-5-8(1-2-11(10)14)7-17-9-3-4-16-12(15)6-9/h1-6H,7H2,(H3,15,16,17). The zero-order valence-corrected chi connectivity index (χ0v) is 9.71. The molecule has 0 aliphatic rings. The molecule has 0 saturated carbocycles. The van der Waals surface area contributed by atoms with E-state index in [1.165, 1.54) is 6.07 Å². The highest BCUT2D eigenvalue weighted by Gasteiger charge is 2.01. The molecule has 0 fully saturated rings. The summed E-state index contributed by atoms with van der Waals surface area (Å²) in [5.74, 6) is 0.0377. The predicted octanol–water partition coefficient (Wildman–Crippen LogP) is 3.07. The lowest BCUT2D eigenvalue weighted by atomic mass is 10.2. The molecule has 3 nitrogen and oxygen atoms in total. The van der Waals surface area contributed by atoms with E-state index in [4.69, 9.17) is 17.3 Å². The molecular formula is C12H11ClFN3. The monoisotopic (exact) mass is 251 g/mol. The average molecular weight is 252 g/mol. The van der Waals surface area contributed by atoms with Gasteiger partial charge in [0, 0.05) is 24.5 Å². The molecule has 88 valence electrons. The SMILES string of the molecule is Nc1cc(NCc2ccc(F)c(Cl)c2)ccn1. The Morgan fingerprint density at radius 2 is 2.12 bits per heavy atom. The Bertz CT molecular complexity index is 531. The van der Waals surface area contributed by atoms with Crippen LogP contribution in [0.15, 0.2) is 36.5 Å². The van der Waals surface area contributed by atoms with Crippen molar-refractivity contribution in [1.82, 2.24) is 4.98 Å². The van der Waals surface area contributed by atoms with Gasteiger partial charge in [-0.2, -0.15) is 0 Å². The van der Waals surface area contributed by atoms with E-state index in [1.807, 2.05) is 6.07 Å². The summed E-state index contributed by atoms with van der Waals surface area (Å²) in [6.45, 7) is 0.545. The Balaban J connectivity index is 2.05. The number of benzene rings is 1. The summed E-state index contributed by atoms with van der Waals surface area (Å²) in [6, 6.07) is 8.15. The molecule has 2 aromatic rings. The van der Waals surface area contributed by atoms with Crippen LogP contribution in [0.5, 0.6) is 0 Å². The normalized spacial score (nSPS) is 10.2. The first-order valence-corrected chi connectivity index (χ1v) is 5.42. The highest BCUT2D eigenvalue weighted by Crippen LogP contribution is 2.17. The third-order valence-electron chi connectivity index (χ3n) is 2.26. The highest BCUT2D eigenvalue weighted by atomic mass is 35.5. The van der Waals surface area contributed by atoms with Crippen molar-refractivity contribution >= 4 is 23.1 Å². The molecule has 0 radical (unpaired) electrons. The van der Waals surface area contributed by atoms with Crippen molar-refractivity contribution in [2.24, 2.45) is 0 Å². The van der Waals surface area contributed by atoms with Crippen LogP contribution in [0.1, 0.15) is 5.56 Å². The van der Waals surface area contributed by atoms with Gasteiger partial charge in [-0.05, 0) is 23.8 Å². The summed E-state index contributed by atoms with van der Waals surface area (Å²) in [5, 5.41) is 3.27. The van der Waals surface area contributed by atoms with Crippen molar-refractivity contribution in [3.05, 3.63) is 52.9 Å².